The Morgan fingerprint density at radius 2 is 2.29 bits per heavy atom. The Labute approximate surface area is 101 Å². The molecule has 2 aliphatic rings. The number of aryl methyl sites for hydroxylation is 1. The van der Waals surface area contributed by atoms with E-state index in [2.05, 4.69) is 13.0 Å². The van der Waals surface area contributed by atoms with Crippen LogP contribution in [0.5, 0.6) is 0 Å². The largest absolute Gasteiger partial charge is 0.374 e. The number of fused-ring (bicyclic) bond motifs is 2. The topological polar surface area (TPSA) is 29.5 Å². The van der Waals surface area contributed by atoms with E-state index < -0.39 is 0 Å². The average molecular weight is 231 g/mol. The van der Waals surface area contributed by atoms with E-state index in [0.29, 0.717) is 18.6 Å². The smallest absolute Gasteiger partial charge is 0.227 e. The van der Waals surface area contributed by atoms with Crippen LogP contribution in [0.15, 0.2) is 24.3 Å². The van der Waals surface area contributed by atoms with Crippen molar-refractivity contribution in [2.75, 3.05) is 13.2 Å². The zero-order chi connectivity index (χ0) is 11.8. The molecule has 0 aromatic heterocycles. The molecule has 0 aliphatic carbocycles. The first-order valence-corrected chi connectivity index (χ1v) is 6.19. The summed E-state index contributed by atoms with van der Waals surface area (Å²) in [5.41, 5.74) is 2.34. The minimum atomic E-state index is 0.245. The monoisotopic (exact) mass is 231 g/mol. The highest BCUT2D eigenvalue weighted by Crippen LogP contribution is 2.28. The lowest BCUT2D eigenvalue weighted by Gasteiger charge is -2.27. The number of nitrogens with zero attached hydrogens (tertiary/aromatic N) is 1. The van der Waals surface area contributed by atoms with Gasteiger partial charge in [-0.3, -0.25) is 4.79 Å². The summed E-state index contributed by atoms with van der Waals surface area (Å²) in [6.07, 6.45) is 1.84. The van der Waals surface area contributed by atoms with Crippen LogP contribution in [0.25, 0.3) is 0 Å². The van der Waals surface area contributed by atoms with Crippen molar-refractivity contribution >= 4 is 5.91 Å². The van der Waals surface area contributed by atoms with Crippen LogP contribution in [0.2, 0.25) is 0 Å². The van der Waals surface area contributed by atoms with Crippen molar-refractivity contribution in [3.05, 3.63) is 35.4 Å². The van der Waals surface area contributed by atoms with Crippen LogP contribution in [0, 0.1) is 6.92 Å². The summed E-state index contributed by atoms with van der Waals surface area (Å²) in [7, 11) is 0. The van der Waals surface area contributed by atoms with Crippen molar-refractivity contribution in [3.8, 4) is 0 Å². The van der Waals surface area contributed by atoms with Gasteiger partial charge in [-0.15, -0.1) is 0 Å². The fourth-order valence-corrected chi connectivity index (χ4v) is 2.78. The van der Waals surface area contributed by atoms with Crippen LogP contribution < -0.4 is 0 Å². The number of carbonyl (C=O) groups is 1. The molecule has 3 heteroatoms. The molecule has 2 atom stereocenters. The summed E-state index contributed by atoms with van der Waals surface area (Å²) in [5.74, 6) is 0.245. The van der Waals surface area contributed by atoms with Gasteiger partial charge in [-0.2, -0.15) is 0 Å². The number of likely N-dealkylation sites (tertiary alicyclic amines) is 1. The number of benzene rings is 1. The van der Waals surface area contributed by atoms with Crippen molar-refractivity contribution < 1.29 is 9.53 Å². The van der Waals surface area contributed by atoms with E-state index in [9.17, 15) is 4.79 Å². The van der Waals surface area contributed by atoms with Crippen LogP contribution in [0.1, 0.15) is 17.5 Å². The minimum Gasteiger partial charge on any atom is -0.374 e. The van der Waals surface area contributed by atoms with Crippen LogP contribution in [-0.2, 0) is 16.0 Å². The number of carbonyl (C=O) groups excluding carboxylic acids is 1. The molecule has 0 saturated carbocycles. The summed E-state index contributed by atoms with van der Waals surface area (Å²) in [5, 5.41) is 0. The first kappa shape index (κ1) is 10.8. The van der Waals surface area contributed by atoms with Gasteiger partial charge in [0.1, 0.15) is 0 Å². The fraction of sp³-hybridized carbons (Fsp3) is 0.500. The molecule has 2 aliphatic heterocycles. The second-order valence-corrected chi connectivity index (χ2v) is 4.99. The lowest BCUT2D eigenvalue weighted by atomic mass is 10.1. The third-order valence-corrected chi connectivity index (χ3v) is 3.82. The van der Waals surface area contributed by atoms with Crippen molar-refractivity contribution in [1.29, 1.82) is 0 Å². The molecule has 2 bridgehead atoms. The van der Waals surface area contributed by atoms with E-state index in [1.807, 2.05) is 23.1 Å². The zero-order valence-corrected chi connectivity index (χ0v) is 10.1. The summed E-state index contributed by atoms with van der Waals surface area (Å²) >= 11 is 0. The predicted molar refractivity (Wildman–Crippen MR) is 64.7 cm³/mol. The van der Waals surface area contributed by atoms with Crippen molar-refractivity contribution in [2.45, 2.75) is 31.9 Å². The molecule has 0 spiro atoms. The predicted octanol–water partition coefficient (Wildman–Crippen LogP) is 1.54. The Balaban J connectivity index is 1.70. The van der Waals surface area contributed by atoms with Gasteiger partial charge < -0.3 is 9.64 Å². The Hall–Kier alpha value is -1.35. The molecule has 17 heavy (non-hydrogen) atoms. The lowest BCUT2D eigenvalue weighted by Crippen LogP contribution is -2.42. The van der Waals surface area contributed by atoms with Gasteiger partial charge in [0, 0.05) is 6.54 Å². The molecule has 0 radical (unpaired) electrons. The molecular weight excluding hydrogens is 214 g/mol. The van der Waals surface area contributed by atoms with Gasteiger partial charge in [0.15, 0.2) is 0 Å². The number of rotatable bonds is 2. The maximum absolute atomic E-state index is 12.2. The third kappa shape index (κ3) is 1.95. The highest BCUT2D eigenvalue weighted by molar-refractivity contribution is 5.80. The number of ether oxygens (including phenoxy) is 1. The van der Waals surface area contributed by atoms with Crippen LogP contribution in [0.3, 0.4) is 0 Å². The van der Waals surface area contributed by atoms with Gasteiger partial charge in [0.25, 0.3) is 0 Å². The van der Waals surface area contributed by atoms with E-state index in [0.717, 1.165) is 25.1 Å². The molecule has 3 rings (SSSR count). The quantitative estimate of drug-likeness (QED) is 0.772. The van der Waals surface area contributed by atoms with Gasteiger partial charge >= 0.3 is 0 Å². The van der Waals surface area contributed by atoms with Gasteiger partial charge in [-0.1, -0.05) is 24.3 Å². The first-order chi connectivity index (χ1) is 8.24. The zero-order valence-electron chi connectivity index (χ0n) is 10.1. The van der Waals surface area contributed by atoms with Gasteiger partial charge in [-0.05, 0) is 24.5 Å². The summed E-state index contributed by atoms with van der Waals surface area (Å²) in [6, 6.07) is 8.43. The van der Waals surface area contributed by atoms with Crippen LogP contribution in [-0.4, -0.2) is 36.1 Å². The van der Waals surface area contributed by atoms with Crippen molar-refractivity contribution in [3.63, 3.8) is 0 Å². The van der Waals surface area contributed by atoms with E-state index in [4.69, 9.17) is 4.74 Å². The molecule has 1 aromatic carbocycles. The Bertz CT molecular complexity index is 444. The van der Waals surface area contributed by atoms with Gasteiger partial charge in [-0.25, -0.2) is 0 Å². The molecule has 2 saturated heterocycles. The highest BCUT2D eigenvalue weighted by Gasteiger charge is 2.41. The number of hydrogen-bond acceptors (Lipinski definition) is 2. The normalized spacial score (nSPS) is 26.5. The van der Waals surface area contributed by atoms with E-state index in [1.54, 1.807) is 0 Å². The molecule has 2 unspecified atom stereocenters. The molecule has 1 amide bonds. The molecule has 90 valence electrons. The van der Waals surface area contributed by atoms with Crippen LogP contribution in [0.4, 0.5) is 0 Å². The van der Waals surface area contributed by atoms with Crippen LogP contribution >= 0.6 is 0 Å². The van der Waals surface area contributed by atoms with E-state index >= 15 is 0 Å². The second kappa shape index (κ2) is 4.15. The number of hydrogen-bond donors (Lipinski definition) is 0. The Kier molecular flexibility index (Phi) is 2.63. The molecule has 2 fully saturated rings. The standard InChI is InChI=1S/C14H17NO2/c1-10-4-2-3-5-11(10)6-14(16)15-8-13-7-12(15)9-17-13/h2-5,12-13H,6-9H2,1H3. The Morgan fingerprint density at radius 1 is 1.47 bits per heavy atom. The number of morpholine rings is 1. The van der Waals surface area contributed by atoms with Gasteiger partial charge in [0.05, 0.1) is 25.2 Å². The molecule has 1 aromatic rings. The SMILES string of the molecule is Cc1ccccc1CC(=O)N1CC2CC1CO2. The second-order valence-electron chi connectivity index (χ2n) is 4.99. The summed E-state index contributed by atoms with van der Waals surface area (Å²) in [6.45, 7) is 3.57. The van der Waals surface area contributed by atoms with Crippen molar-refractivity contribution in [1.82, 2.24) is 4.90 Å². The Morgan fingerprint density at radius 3 is 2.94 bits per heavy atom. The maximum atomic E-state index is 12.2. The number of amides is 1. The average Bonchev–Trinajstić information content (AvgIpc) is 2.94. The third-order valence-electron chi connectivity index (χ3n) is 3.82. The summed E-state index contributed by atoms with van der Waals surface area (Å²) < 4.78 is 5.51. The first-order valence-electron chi connectivity index (χ1n) is 6.19. The lowest BCUT2D eigenvalue weighted by molar-refractivity contribution is -0.134. The van der Waals surface area contributed by atoms with Gasteiger partial charge in [0.2, 0.25) is 5.91 Å². The highest BCUT2D eigenvalue weighted by atomic mass is 16.5. The maximum Gasteiger partial charge on any atom is 0.227 e. The van der Waals surface area contributed by atoms with E-state index in [-0.39, 0.29) is 5.91 Å². The minimum absolute atomic E-state index is 0.245. The fourth-order valence-electron chi connectivity index (χ4n) is 2.78. The van der Waals surface area contributed by atoms with Crippen molar-refractivity contribution in [2.24, 2.45) is 0 Å². The molecule has 3 nitrogen and oxygen atoms in total. The van der Waals surface area contributed by atoms with E-state index in [1.165, 1.54) is 5.56 Å². The molecule has 2 heterocycles. The molecule has 0 N–H and O–H groups in total. The molecular formula is C14H17NO2. The summed E-state index contributed by atoms with van der Waals surface area (Å²) in [4.78, 5) is 14.2.